The van der Waals surface area contributed by atoms with E-state index in [1.54, 1.807) is 13.2 Å². The molecule has 0 aromatic heterocycles. The van der Waals surface area contributed by atoms with Gasteiger partial charge in [0.25, 0.3) is 0 Å². The second-order valence-electron chi connectivity index (χ2n) is 4.76. The average molecular weight is 257 g/mol. The predicted octanol–water partition coefficient (Wildman–Crippen LogP) is 3.41. The molecule has 0 radical (unpaired) electrons. The first-order valence-electron chi connectivity index (χ1n) is 5.34. The number of rotatable bonds is 4. The molecule has 0 aliphatic carbocycles. The molecule has 0 spiro atoms. The molecule has 0 bridgehead atoms. The topological polar surface area (TPSA) is 46.5 Å². The molecule has 0 unspecified atom stereocenters. The van der Waals surface area contributed by atoms with Crippen molar-refractivity contribution in [2.45, 2.75) is 32.6 Å². The Morgan fingerprint density at radius 3 is 2.53 bits per heavy atom. The quantitative estimate of drug-likeness (QED) is 0.898. The highest BCUT2D eigenvalue weighted by Gasteiger charge is 2.27. The summed E-state index contributed by atoms with van der Waals surface area (Å²) in [5.74, 6) is -0.117. The Hall–Kier alpha value is -1.22. The summed E-state index contributed by atoms with van der Waals surface area (Å²) in [5.41, 5.74) is 1.21. The number of benzene rings is 1. The van der Waals surface area contributed by atoms with Crippen LogP contribution in [0.25, 0.3) is 0 Å². The van der Waals surface area contributed by atoms with Crippen LogP contribution < -0.4 is 4.74 Å². The molecule has 17 heavy (non-hydrogen) atoms. The fourth-order valence-electron chi connectivity index (χ4n) is 1.86. The normalized spacial score (nSPS) is 11.4. The van der Waals surface area contributed by atoms with E-state index < -0.39 is 11.4 Å². The highest BCUT2D eigenvalue weighted by atomic mass is 35.5. The van der Waals surface area contributed by atoms with Crippen molar-refractivity contribution in [1.82, 2.24) is 0 Å². The van der Waals surface area contributed by atoms with Crippen LogP contribution in [0.3, 0.4) is 0 Å². The van der Waals surface area contributed by atoms with Crippen LogP contribution in [-0.4, -0.2) is 18.2 Å². The molecule has 0 saturated carbocycles. The molecule has 1 aromatic carbocycles. The van der Waals surface area contributed by atoms with Crippen LogP contribution in [0.5, 0.6) is 5.75 Å². The molecule has 0 heterocycles. The van der Waals surface area contributed by atoms with Crippen molar-refractivity contribution in [2.75, 3.05) is 7.11 Å². The minimum Gasteiger partial charge on any atom is -0.496 e. The molecular weight excluding hydrogens is 240 g/mol. The smallest absolute Gasteiger partial charge is 0.304 e. The summed E-state index contributed by atoms with van der Waals surface area (Å²) in [6.07, 6.45) is 0.0267. The number of hydrogen-bond acceptors (Lipinski definition) is 2. The second-order valence-corrected chi connectivity index (χ2v) is 5.16. The maximum Gasteiger partial charge on any atom is 0.304 e. The van der Waals surface area contributed by atoms with E-state index in [2.05, 4.69) is 0 Å². The summed E-state index contributed by atoms with van der Waals surface area (Å²) < 4.78 is 5.23. The highest BCUT2D eigenvalue weighted by Crippen LogP contribution is 2.36. The van der Waals surface area contributed by atoms with Crippen molar-refractivity contribution < 1.29 is 14.6 Å². The molecule has 1 rings (SSSR count). The third-order valence-electron chi connectivity index (χ3n) is 2.81. The number of carboxylic acid groups (broad SMARTS) is 1. The minimum absolute atomic E-state index is 0.0267. The van der Waals surface area contributed by atoms with E-state index in [4.69, 9.17) is 21.4 Å². The zero-order valence-corrected chi connectivity index (χ0v) is 11.3. The van der Waals surface area contributed by atoms with Crippen LogP contribution in [0.4, 0.5) is 0 Å². The van der Waals surface area contributed by atoms with Gasteiger partial charge in [-0.25, -0.2) is 0 Å². The summed E-state index contributed by atoms with van der Waals surface area (Å²) >= 11 is 6.18. The van der Waals surface area contributed by atoms with Crippen molar-refractivity contribution in [3.63, 3.8) is 0 Å². The van der Waals surface area contributed by atoms with Gasteiger partial charge < -0.3 is 9.84 Å². The van der Waals surface area contributed by atoms with E-state index in [-0.39, 0.29) is 6.42 Å². The van der Waals surface area contributed by atoms with Crippen molar-refractivity contribution in [1.29, 1.82) is 0 Å². The van der Waals surface area contributed by atoms with Crippen LogP contribution in [0, 0.1) is 6.92 Å². The third-order valence-corrected chi connectivity index (χ3v) is 3.12. The first kappa shape index (κ1) is 13.8. The molecule has 94 valence electrons. The van der Waals surface area contributed by atoms with Gasteiger partial charge >= 0.3 is 5.97 Å². The zero-order chi connectivity index (χ0) is 13.2. The van der Waals surface area contributed by atoms with Crippen molar-refractivity contribution in [3.8, 4) is 5.75 Å². The Morgan fingerprint density at radius 2 is 2.06 bits per heavy atom. The average Bonchev–Trinajstić information content (AvgIpc) is 2.15. The molecule has 1 aromatic rings. The van der Waals surface area contributed by atoms with Gasteiger partial charge in [-0.05, 0) is 30.2 Å². The molecular formula is C13H17ClO3. The first-order valence-corrected chi connectivity index (χ1v) is 5.72. The number of hydrogen-bond donors (Lipinski definition) is 1. The molecule has 0 saturated heterocycles. The molecule has 0 fully saturated rings. The van der Waals surface area contributed by atoms with Crippen LogP contribution in [0.1, 0.15) is 31.4 Å². The van der Waals surface area contributed by atoms with E-state index in [1.165, 1.54) is 0 Å². The van der Waals surface area contributed by atoms with Crippen LogP contribution in [-0.2, 0) is 10.2 Å². The fraction of sp³-hybridized carbons (Fsp3) is 0.462. The maximum absolute atomic E-state index is 10.8. The van der Waals surface area contributed by atoms with Gasteiger partial charge in [-0.15, -0.1) is 0 Å². The van der Waals surface area contributed by atoms with E-state index in [1.807, 2.05) is 26.8 Å². The number of ether oxygens (including phenoxy) is 1. The van der Waals surface area contributed by atoms with E-state index >= 15 is 0 Å². The number of methoxy groups -OCH3 is 1. The van der Waals surface area contributed by atoms with Crippen molar-refractivity contribution >= 4 is 17.6 Å². The largest absolute Gasteiger partial charge is 0.496 e. The zero-order valence-electron chi connectivity index (χ0n) is 10.5. The molecule has 0 aliphatic rings. The Kier molecular flexibility index (Phi) is 4.04. The monoisotopic (exact) mass is 256 g/mol. The van der Waals surface area contributed by atoms with Gasteiger partial charge in [-0.1, -0.05) is 25.4 Å². The van der Waals surface area contributed by atoms with E-state index in [0.29, 0.717) is 5.02 Å². The first-order chi connectivity index (χ1) is 7.77. The number of aliphatic carboxylic acids is 1. The lowest BCUT2D eigenvalue weighted by molar-refractivity contribution is -0.138. The molecule has 3 nitrogen and oxygen atoms in total. The van der Waals surface area contributed by atoms with Crippen molar-refractivity contribution in [2.24, 2.45) is 0 Å². The van der Waals surface area contributed by atoms with Gasteiger partial charge in [-0.2, -0.15) is 0 Å². The second kappa shape index (κ2) is 4.96. The van der Waals surface area contributed by atoms with Crippen LogP contribution in [0.15, 0.2) is 12.1 Å². The van der Waals surface area contributed by atoms with Gasteiger partial charge in [0.15, 0.2) is 0 Å². The summed E-state index contributed by atoms with van der Waals surface area (Å²) in [6.45, 7) is 5.62. The van der Waals surface area contributed by atoms with E-state index in [9.17, 15) is 4.79 Å². The summed E-state index contributed by atoms with van der Waals surface area (Å²) in [5, 5.41) is 9.49. The Morgan fingerprint density at radius 1 is 1.47 bits per heavy atom. The maximum atomic E-state index is 10.8. The van der Waals surface area contributed by atoms with Gasteiger partial charge in [-0.3, -0.25) is 4.79 Å². The number of aryl methyl sites for hydroxylation is 1. The summed E-state index contributed by atoms with van der Waals surface area (Å²) in [4.78, 5) is 10.8. The lowest BCUT2D eigenvalue weighted by Crippen LogP contribution is -2.22. The van der Waals surface area contributed by atoms with Crippen LogP contribution in [0.2, 0.25) is 5.02 Å². The summed E-state index contributed by atoms with van der Waals surface area (Å²) in [6, 6.07) is 3.62. The standard InChI is InChI=1S/C13H17ClO3/c1-8-5-10(14)9(6-11(8)17-4)13(2,3)7-12(15)16/h5-6H,7H2,1-4H3,(H,15,16). The highest BCUT2D eigenvalue weighted by molar-refractivity contribution is 6.31. The Labute approximate surface area is 106 Å². The molecule has 0 atom stereocenters. The number of carboxylic acids is 1. The van der Waals surface area contributed by atoms with E-state index in [0.717, 1.165) is 16.9 Å². The summed E-state index contributed by atoms with van der Waals surface area (Å²) in [7, 11) is 1.59. The number of halogens is 1. The third kappa shape index (κ3) is 3.13. The van der Waals surface area contributed by atoms with Gasteiger partial charge in [0, 0.05) is 10.4 Å². The Balaban J connectivity index is 3.25. The molecule has 1 N–H and O–H groups in total. The van der Waals surface area contributed by atoms with Gasteiger partial charge in [0.2, 0.25) is 0 Å². The molecule has 0 aliphatic heterocycles. The molecule has 0 amide bonds. The fourth-order valence-corrected chi connectivity index (χ4v) is 2.34. The predicted molar refractivity (Wildman–Crippen MR) is 68.0 cm³/mol. The Bertz CT molecular complexity index is 439. The SMILES string of the molecule is COc1cc(C(C)(C)CC(=O)O)c(Cl)cc1C. The lowest BCUT2D eigenvalue weighted by Gasteiger charge is -2.25. The minimum atomic E-state index is -0.842. The molecule has 4 heteroatoms. The lowest BCUT2D eigenvalue weighted by atomic mass is 9.81. The van der Waals surface area contributed by atoms with Crippen molar-refractivity contribution in [3.05, 3.63) is 28.3 Å². The van der Waals surface area contributed by atoms with Gasteiger partial charge in [0.05, 0.1) is 13.5 Å². The van der Waals surface area contributed by atoms with Crippen LogP contribution >= 0.6 is 11.6 Å². The number of carbonyl (C=O) groups is 1. The van der Waals surface area contributed by atoms with Gasteiger partial charge in [0.1, 0.15) is 5.75 Å².